The third kappa shape index (κ3) is 4.25. The van der Waals surface area contributed by atoms with Gasteiger partial charge in [0.1, 0.15) is 0 Å². The molecule has 1 heterocycles. The third-order valence-electron chi connectivity index (χ3n) is 3.06. The molecule has 17 heavy (non-hydrogen) atoms. The normalized spacial score (nSPS) is 21.0. The van der Waals surface area contributed by atoms with E-state index in [1.807, 2.05) is 0 Å². The van der Waals surface area contributed by atoms with E-state index in [-0.39, 0.29) is 12.4 Å². The van der Waals surface area contributed by atoms with Crippen molar-refractivity contribution in [3.8, 4) is 0 Å². The lowest BCUT2D eigenvalue weighted by atomic mass is 10.1. The predicted octanol–water partition coefficient (Wildman–Crippen LogP) is 2.97. The minimum atomic E-state index is 0. The molecule has 1 N–H and O–H groups in total. The number of hydrogen-bond donors (Lipinski definition) is 1. The van der Waals surface area contributed by atoms with Crippen LogP contribution in [0.1, 0.15) is 18.1 Å². The van der Waals surface area contributed by atoms with E-state index in [0.717, 1.165) is 26.2 Å². The molecule has 1 fully saturated rings. The molecule has 0 amide bonds. The van der Waals surface area contributed by atoms with Gasteiger partial charge in [-0.1, -0.05) is 28.1 Å². The van der Waals surface area contributed by atoms with Crippen LogP contribution in [0.5, 0.6) is 0 Å². The van der Waals surface area contributed by atoms with Crippen LogP contribution in [0.2, 0.25) is 0 Å². The van der Waals surface area contributed by atoms with Gasteiger partial charge in [-0.05, 0) is 31.0 Å². The molecule has 1 aromatic carbocycles. The molecule has 2 rings (SSSR count). The summed E-state index contributed by atoms with van der Waals surface area (Å²) in [6.07, 6.45) is 0. The molecule has 1 saturated heterocycles. The lowest BCUT2D eigenvalue weighted by Crippen LogP contribution is -2.48. The van der Waals surface area contributed by atoms with E-state index in [9.17, 15) is 0 Å². The average Bonchev–Trinajstić information content (AvgIpc) is 2.22. The highest BCUT2D eigenvalue weighted by Gasteiger charge is 2.16. The van der Waals surface area contributed by atoms with Crippen molar-refractivity contribution in [2.75, 3.05) is 19.6 Å². The van der Waals surface area contributed by atoms with Gasteiger partial charge >= 0.3 is 0 Å². The smallest absolute Gasteiger partial charge is 0.0246 e. The fourth-order valence-corrected chi connectivity index (χ4v) is 2.80. The first-order valence-electron chi connectivity index (χ1n) is 5.86. The zero-order valence-electron chi connectivity index (χ0n) is 10.4. The first kappa shape index (κ1) is 15.0. The third-order valence-corrected chi connectivity index (χ3v) is 3.79. The van der Waals surface area contributed by atoms with Gasteiger partial charge in [0.15, 0.2) is 0 Å². The maximum Gasteiger partial charge on any atom is 0.0246 e. The predicted molar refractivity (Wildman–Crippen MR) is 78.9 cm³/mol. The van der Waals surface area contributed by atoms with Gasteiger partial charge in [-0.2, -0.15) is 0 Å². The molecule has 2 nitrogen and oxygen atoms in total. The fraction of sp³-hybridized carbons (Fsp3) is 0.538. The summed E-state index contributed by atoms with van der Waals surface area (Å²) >= 11 is 3.65. The van der Waals surface area contributed by atoms with Crippen LogP contribution in [-0.4, -0.2) is 30.6 Å². The number of nitrogens with zero attached hydrogens (tertiary/aromatic N) is 1. The molecular formula is C13H20BrClN2. The largest absolute Gasteiger partial charge is 0.312 e. The topological polar surface area (TPSA) is 15.3 Å². The minimum absolute atomic E-state index is 0. The Balaban J connectivity index is 0.00000144. The average molecular weight is 320 g/mol. The Kier molecular flexibility index (Phi) is 5.93. The van der Waals surface area contributed by atoms with Crippen molar-refractivity contribution in [2.24, 2.45) is 0 Å². The molecule has 0 aliphatic carbocycles. The SMILES string of the molecule is Cc1ccc(CN2CCN[C@@H](C)C2)c(Br)c1.Cl. The zero-order valence-corrected chi connectivity index (χ0v) is 12.8. The molecule has 0 radical (unpaired) electrons. The molecule has 0 unspecified atom stereocenters. The Morgan fingerprint density at radius 1 is 1.47 bits per heavy atom. The molecule has 1 aliphatic rings. The summed E-state index contributed by atoms with van der Waals surface area (Å²) in [6.45, 7) is 8.81. The van der Waals surface area contributed by atoms with E-state index in [1.54, 1.807) is 0 Å². The highest BCUT2D eigenvalue weighted by atomic mass is 79.9. The fourth-order valence-electron chi connectivity index (χ4n) is 2.18. The van der Waals surface area contributed by atoms with Crippen molar-refractivity contribution >= 4 is 28.3 Å². The highest BCUT2D eigenvalue weighted by Crippen LogP contribution is 2.20. The number of hydrogen-bond acceptors (Lipinski definition) is 2. The van der Waals surface area contributed by atoms with Crippen molar-refractivity contribution in [3.05, 3.63) is 33.8 Å². The Hall–Kier alpha value is -0.0900. The molecule has 1 aromatic rings. The van der Waals surface area contributed by atoms with Gasteiger partial charge in [0.25, 0.3) is 0 Å². The summed E-state index contributed by atoms with van der Waals surface area (Å²) in [5.41, 5.74) is 2.70. The first-order chi connectivity index (χ1) is 7.65. The maximum atomic E-state index is 3.65. The van der Waals surface area contributed by atoms with Crippen LogP contribution in [0.4, 0.5) is 0 Å². The van der Waals surface area contributed by atoms with Crippen LogP contribution >= 0.6 is 28.3 Å². The highest BCUT2D eigenvalue weighted by molar-refractivity contribution is 9.10. The second-order valence-electron chi connectivity index (χ2n) is 4.69. The summed E-state index contributed by atoms with van der Waals surface area (Å²) in [4.78, 5) is 2.51. The number of halogens is 2. The standard InChI is InChI=1S/C13H19BrN2.ClH/c1-10-3-4-12(13(14)7-10)9-16-6-5-15-11(2)8-16;/h3-4,7,11,15H,5-6,8-9H2,1-2H3;1H/t11-;/m0./s1. The Labute approximate surface area is 118 Å². The number of benzene rings is 1. The van der Waals surface area contributed by atoms with Crippen molar-refractivity contribution in [1.82, 2.24) is 10.2 Å². The monoisotopic (exact) mass is 318 g/mol. The second-order valence-corrected chi connectivity index (χ2v) is 5.54. The van der Waals surface area contributed by atoms with Crippen LogP contribution < -0.4 is 5.32 Å². The Morgan fingerprint density at radius 3 is 2.88 bits per heavy atom. The van der Waals surface area contributed by atoms with Gasteiger partial charge in [-0.15, -0.1) is 12.4 Å². The Bertz CT molecular complexity index is 370. The van der Waals surface area contributed by atoms with Gasteiger partial charge in [0, 0.05) is 36.7 Å². The van der Waals surface area contributed by atoms with Crippen molar-refractivity contribution in [1.29, 1.82) is 0 Å². The van der Waals surface area contributed by atoms with Crippen molar-refractivity contribution < 1.29 is 0 Å². The molecule has 0 spiro atoms. The van der Waals surface area contributed by atoms with Crippen LogP contribution in [0.25, 0.3) is 0 Å². The van der Waals surface area contributed by atoms with E-state index in [4.69, 9.17) is 0 Å². The van der Waals surface area contributed by atoms with E-state index in [0.29, 0.717) is 6.04 Å². The summed E-state index contributed by atoms with van der Waals surface area (Å²) in [7, 11) is 0. The summed E-state index contributed by atoms with van der Waals surface area (Å²) in [5.74, 6) is 0. The van der Waals surface area contributed by atoms with E-state index in [1.165, 1.54) is 15.6 Å². The lowest BCUT2D eigenvalue weighted by molar-refractivity contribution is 0.199. The number of rotatable bonds is 2. The van der Waals surface area contributed by atoms with E-state index in [2.05, 4.69) is 58.2 Å². The first-order valence-corrected chi connectivity index (χ1v) is 6.65. The van der Waals surface area contributed by atoms with E-state index < -0.39 is 0 Å². The molecule has 4 heteroatoms. The molecule has 0 aromatic heterocycles. The van der Waals surface area contributed by atoms with Crippen molar-refractivity contribution in [2.45, 2.75) is 26.4 Å². The lowest BCUT2D eigenvalue weighted by Gasteiger charge is -2.32. The van der Waals surface area contributed by atoms with Crippen molar-refractivity contribution in [3.63, 3.8) is 0 Å². The zero-order chi connectivity index (χ0) is 11.5. The van der Waals surface area contributed by atoms with Crippen LogP contribution in [0.15, 0.2) is 22.7 Å². The number of nitrogens with one attached hydrogen (secondary N) is 1. The molecule has 96 valence electrons. The van der Waals surface area contributed by atoms with Crippen LogP contribution in [-0.2, 0) is 6.54 Å². The molecular weight excluding hydrogens is 300 g/mol. The molecule has 1 aliphatic heterocycles. The molecule has 0 bridgehead atoms. The molecule has 1 atom stereocenters. The number of piperazine rings is 1. The summed E-state index contributed by atoms with van der Waals surface area (Å²) in [6, 6.07) is 7.22. The summed E-state index contributed by atoms with van der Waals surface area (Å²) < 4.78 is 1.23. The minimum Gasteiger partial charge on any atom is -0.312 e. The quantitative estimate of drug-likeness (QED) is 0.901. The second kappa shape index (κ2) is 6.74. The Morgan fingerprint density at radius 2 is 2.24 bits per heavy atom. The van der Waals surface area contributed by atoms with E-state index >= 15 is 0 Å². The number of aryl methyl sites for hydroxylation is 1. The summed E-state index contributed by atoms with van der Waals surface area (Å²) in [5, 5.41) is 3.47. The maximum absolute atomic E-state index is 3.65. The van der Waals surface area contributed by atoms with Gasteiger partial charge < -0.3 is 5.32 Å². The van der Waals surface area contributed by atoms with Gasteiger partial charge in [-0.3, -0.25) is 4.90 Å². The van der Waals surface area contributed by atoms with Crippen LogP contribution in [0.3, 0.4) is 0 Å². The van der Waals surface area contributed by atoms with Gasteiger partial charge in [-0.25, -0.2) is 0 Å². The van der Waals surface area contributed by atoms with Gasteiger partial charge in [0.2, 0.25) is 0 Å². The van der Waals surface area contributed by atoms with Gasteiger partial charge in [0.05, 0.1) is 0 Å². The van der Waals surface area contributed by atoms with Crippen LogP contribution in [0, 0.1) is 6.92 Å². The molecule has 0 saturated carbocycles.